The smallest absolute Gasteiger partial charge is 0.274 e. The Morgan fingerprint density at radius 3 is 2.68 bits per heavy atom. The fourth-order valence-electron chi connectivity index (χ4n) is 4.04. The fourth-order valence-corrected chi connectivity index (χ4v) is 4.04. The van der Waals surface area contributed by atoms with Gasteiger partial charge in [0.25, 0.3) is 5.91 Å². The molecule has 5 nitrogen and oxygen atoms in total. The highest BCUT2D eigenvalue weighted by Crippen LogP contribution is 2.26. The largest absolute Gasteiger partial charge is 0.341 e. The Balaban J connectivity index is 1.43. The molecule has 1 N–H and O–H groups in total. The van der Waals surface area contributed by atoms with Crippen LogP contribution in [-0.2, 0) is 0 Å². The van der Waals surface area contributed by atoms with E-state index in [9.17, 15) is 4.79 Å². The molecule has 1 aromatic carbocycles. The van der Waals surface area contributed by atoms with Crippen molar-refractivity contribution in [3.05, 3.63) is 41.7 Å². The number of carbonyl (C=O) groups excluding carboxylic acids is 1. The predicted octanol–water partition coefficient (Wildman–Crippen LogP) is 3.08. The van der Waals surface area contributed by atoms with Gasteiger partial charge in [-0.15, -0.1) is 0 Å². The summed E-state index contributed by atoms with van der Waals surface area (Å²) in [6, 6.07) is 11.1. The predicted molar refractivity (Wildman–Crippen MR) is 98.5 cm³/mol. The molecule has 0 bridgehead atoms. The normalized spacial score (nSPS) is 22.0. The number of aromatic nitrogens is 2. The minimum Gasteiger partial charge on any atom is -0.341 e. The lowest BCUT2D eigenvalue weighted by atomic mass is 9.97. The first-order valence-electron chi connectivity index (χ1n) is 9.30. The summed E-state index contributed by atoms with van der Waals surface area (Å²) in [5.74, 6) is 0.819. The van der Waals surface area contributed by atoms with Gasteiger partial charge in [0.05, 0.1) is 0 Å². The number of nitrogens with zero attached hydrogens (tertiary/aromatic N) is 3. The van der Waals surface area contributed by atoms with Crippen molar-refractivity contribution in [2.45, 2.75) is 45.2 Å². The molecule has 2 aliphatic heterocycles. The van der Waals surface area contributed by atoms with E-state index in [1.807, 2.05) is 42.2 Å². The number of amides is 1. The van der Waals surface area contributed by atoms with Gasteiger partial charge in [-0.2, -0.15) is 0 Å². The average molecular weight is 338 g/mol. The second-order valence-electron chi connectivity index (χ2n) is 7.37. The summed E-state index contributed by atoms with van der Waals surface area (Å²) < 4.78 is 0. The number of aromatic amines is 1. The number of carbonyl (C=O) groups is 1. The summed E-state index contributed by atoms with van der Waals surface area (Å²) >= 11 is 0. The molecule has 1 unspecified atom stereocenters. The minimum atomic E-state index is 0.0526. The maximum Gasteiger partial charge on any atom is 0.274 e. The Hall–Kier alpha value is -2.14. The van der Waals surface area contributed by atoms with Crippen molar-refractivity contribution < 1.29 is 4.79 Å². The molecule has 0 aliphatic carbocycles. The first-order chi connectivity index (χ1) is 12.1. The third-order valence-electron chi connectivity index (χ3n) is 5.61. The number of likely N-dealkylation sites (tertiary alicyclic amines) is 2. The van der Waals surface area contributed by atoms with E-state index in [-0.39, 0.29) is 5.91 Å². The summed E-state index contributed by atoms with van der Waals surface area (Å²) in [6.07, 6.45) is 3.90. The van der Waals surface area contributed by atoms with Crippen molar-refractivity contribution in [3.63, 3.8) is 0 Å². The first kappa shape index (κ1) is 16.3. The van der Waals surface area contributed by atoms with Crippen LogP contribution in [0, 0.1) is 6.92 Å². The molecule has 2 aromatic rings. The zero-order valence-corrected chi connectivity index (χ0v) is 15.0. The van der Waals surface area contributed by atoms with E-state index in [4.69, 9.17) is 0 Å². The lowest BCUT2D eigenvalue weighted by Crippen LogP contribution is -2.63. The van der Waals surface area contributed by atoms with Crippen LogP contribution in [0.3, 0.4) is 0 Å². The number of imidazole rings is 1. The van der Waals surface area contributed by atoms with Crippen molar-refractivity contribution >= 4 is 5.91 Å². The van der Waals surface area contributed by atoms with Crippen LogP contribution in [0.25, 0.3) is 11.4 Å². The van der Waals surface area contributed by atoms with Crippen LogP contribution < -0.4 is 0 Å². The van der Waals surface area contributed by atoms with Gasteiger partial charge in [0.1, 0.15) is 11.5 Å². The van der Waals surface area contributed by atoms with Crippen molar-refractivity contribution in [3.8, 4) is 11.4 Å². The molecular formula is C20H26N4O. The molecule has 0 spiro atoms. The number of nitrogens with one attached hydrogen (secondary N) is 1. The van der Waals surface area contributed by atoms with Crippen LogP contribution >= 0.6 is 0 Å². The summed E-state index contributed by atoms with van der Waals surface area (Å²) in [5.41, 5.74) is 2.41. The van der Waals surface area contributed by atoms with Gasteiger partial charge < -0.3 is 9.88 Å². The summed E-state index contributed by atoms with van der Waals surface area (Å²) in [4.78, 5) is 25.2. The maximum atomic E-state index is 12.8. The quantitative estimate of drug-likeness (QED) is 0.936. The molecule has 1 atom stereocenters. The lowest BCUT2D eigenvalue weighted by molar-refractivity contribution is 0.00180. The molecule has 0 radical (unpaired) electrons. The van der Waals surface area contributed by atoms with Crippen molar-refractivity contribution in [2.75, 3.05) is 19.6 Å². The molecule has 1 aromatic heterocycles. The molecule has 3 heterocycles. The number of piperidine rings is 1. The lowest BCUT2D eigenvalue weighted by Gasteiger charge is -2.49. The second kappa shape index (κ2) is 6.64. The molecule has 2 aliphatic rings. The van der Waals surface area contributed by atoms with Gasteiger partial charge in [-0.05, 0) is 33.2 Å². The summed E-state index contributed by atoms with van der Waals surface area (Å²) in [6.45, 7) is 7.07. The van der Waals surface area contributed by atoms with E-state index in [0.29, 0.717) is 17.8 Å². The zero-order valence-electron chi connectivity index (χ0n) is 15.0. The number of benzene rings is 1. The van der Waals surface area contributed by atoms with Gasteiger partial charge in [-0.3, -0.25) is 9.69 Å². The number of H-pyrrole nitrogens is 1. The molecule has 2 saturated heterocycles. The molecule has 5 heteroatoms. The van der Waals surface area contributed by atoms with E-state index in [1.54, 1.807) is 0 Å². The Kier molecular flexibility index (Phi) is 4.34. The molecule has 132 valence electrons. The molecule has 25 heavy (non-hydrogen) atoms. The van der Waals surface area contributed by atoms with E-state index in [0.717, 1.165) is 30.2 Å². The number of aryl methyl sites for hydroxylation is 1. The highest BCUT2D eigenvalue weighted by atomic mass is 16.2. The van der Waals surface area contributed by atoms with E-state index < -0.39 is 0 Å². The van der Waals surface area contributed by atoms with Gasteiger partial charge in [-0.1, -0.05) is 36.8 Å². The van der Waals surface area contributed by atoms with Crippen LogP contribution in [0.4, 0.5) is 0 Å². The highest BCUT2D eigenvalue weighted by Gasteiger charge is 2.38. The fraction of sp³-hybridized carbons (Fsp3) is 0.500. The van der Waals surface area contributed by atoms with E-state index >= 15 is 0 Å². The SMILES string of the molecule is Cc1[nH]c(-c2ccccc2)nc1C(=O)N1CC(N2CCCCC2C)C1. The second-order valence-corrected chi connectivity index (χ2v) is 7.37. The number of rotatable bonds is 3. The standard InChI is InChI=1S/C20H26N4O/c1-14-8-6-7-11-24(14)17-12-23(13-17)20(25)18-15(2)21-19(22-18)16-9-4-3-5-10-16/h3-5,9-10,14,17H,6-8,11-13H2,1-2H3,(H,21,22). The summed E-state index contributed by atoms with van der Waals surface area (Å²) in [7, 11) is 0. The van der Waals surface area contributed by atoms with Gasteiger partial charge in [0.15, 0.2) is 0 Å². The van der Waals surface area contributed by atoms with E-state index in [1.165, 1.54) is 25.8 Å². The monoisotopic (exact) mass is 338 g/mol. The van der Waals surface area contributed by atoms with Crippen molar-refractivity contribution in [1.29, 1.82) is 0 Å². The van der Waals surface area contributed by atoms with Crippen LogP contribution in [0.1, 0.15) is 42.4 Å². The van der Waals surface area contributed by atoms with E-state index in [2.05, 4.69) is 21.8 Å². The number of hydrogen-bond donors (Lipinski definition) is 1. The van der Waals surface area contributed by atoms with Crippen LogP contribution in [0.5, 0.6) is 0 Å². The third-order valence-corrected chi connectivity index (χ3v) is 5.61. The van der Waals surface area contributed by atoms with Crippen LogP contribution in [0.15, 0.2) is 30.3 Å². The molecule has 0 saturated carbocycles. The Morgan fingerprint density at radius 1 is 1.20 bits per heavy atom. The highest BCUT2D eigenvalue weighted by molar-refractivity contribution is 5.94. The molecular weight excluding hydrogens is 312 g/mol. The Bertz CT molecular complexity index is 748. The molecule has 4 rings (SSSR count). The Labute approximate surface area is 149 Å². The average Bonchev–Trinajstić information content (AvgIpc) is 2.98. The van der Waals surface area contributed by atoms with Gasteiger partial charge in [0, 0.05) is 36.4 Å². The maximum absolute atomic E-state index is 12.8. The Morgan fingerprint density at radius 2 is 1.96 bits per heavy atom. The molecule has 1 amide bonds. The van der Waals surface area contributed by atoms with Gasteiger partial charge in [-0.25, -0.2) is 4.98 Å². The summed E-state index contributed by atoms with van der Waals surface area (Å²) in [5, 5.41) is 0. The van der Waals surface area contributed by atoms with Crippen molar-refractivity contribution in [2.24, 2.45) is 0 Å². The minimum absolute atomic E-state index is 0.0526. The van der Waals surface area contributed by atoms with Gasteiger partial charge in [0.2, 0.25) is 0 Å². The first-order valence-corrected chi connectivity index (χ1v) is 9.30. The molecule has 2 fully saturated rings. The van der Waals surface area contributed by atoms with Gasteiger partial charge >= 0.3 is 0 Å². The topological polar surface area (TPSA) is 52.2 Å². The number of hydrogen-bond acceptors (Lipinski definition) is 3. The zero-order chi connectivity index (χ0) is 17.4. The van der Waals surface area contributed by atoms with Crippen LogP contribution in [0.2, 0.25) is 0 Å². The van der Waals surface area contributed by atoms with Crippen LogP contribution in [-0.4, -0.2) is 57.4 Å². The van der Waals surface area contributed by atoms with Crippen molar-refractivity contribution in [1.82, 2.24) is 19.8 Å². The third kappa shape index (κ3) is 3.09.